The minimum atomic E-state index is -4.71. The third kappa shape index (κ3) is 2.92. The minimum Gasteiger partial charge on any atom is -0.480 e. The van der Waals surface area contributed by atoms with Crippen molar-refractivity contribution in [3.8, 4) is 11.7 Å². The monoisotopic (exact) mass is 367 g/mol. The summed E-state index contributed by atoms with van der Waals surface area (Å²) in [6, 6.07) is 2.34. The molecule has 0 aliphatic rings. The molecule has 9 nitrogen and oxygen atoms in total. The van der Waals surface area contributed by atoms with Gasteiger partial charge in [0.25, 0.3) is 0 Å². The molecule has 0 bridgehead atoms. The number of carbonyl (C=O) groups excluding carboxylic acids is 1. The zero-order valence-corrected chi connectivity index (χ0v) is 12.9. The third-order valence-corrected chi connectivity index (χ3v) is 3.40. The van der Waals surface area contributed by atoms with Gasteiger partial charge in [0.1, 0.15) is 12.1 Å². The summed E-state index contributed by atoms with van der Waals surface area (Å²) in [5.74, 6) is -1.41. The lowest BCUT2D eigenvalue weighted by molar-refractivity contribution is -0.136. The maximum atomic E-state index is 13.4. The number of carbonyl (C=O) groups is 1. The molecule has 3 aromatic rings. The van der Waals surface area contributed by atoms with E-state index in [2.05, 4.69) is 19.8 Å². The van der Waals surface area contributed by atoms with Gasteiger partial charge in [0.15, 0.2) is 11.0 Å². The Balaban J connectivity index is 2.25. The summed E-state index contributed by atoms with van der Waals surface area (Å²) in [5.41, 5.74) is -1.30. The Morgan fingerprint density at radius 3 is 2.69 bits per heavy atom. The highest BCUT2D eigenvalue weighted by Gasteiger charge is 2.37. The van der Waals surface area contributed by atoms with Gasteiger partial charge in [-0.2, -0.15) is 13.2 Å². The molecule has 0 unspecified atom stereocenters. The van der Waals surface area contributed by atoms with E-state index in [0.717, 1.165) is 29.4 Å². The molecular formula is C14H8F3N5O4. The smallest absolute Gasteiger partial charge is 0.418 e. The number of alkyl halides is 3. The first-order chi connectivity index (χ1) is 12.4. The lowest BCUT2D eigenvalue weighted by atomic mass is 10.2. The van der Waals surface area contributed by atoms with Crippen molar-refractivity contribution in [1.82, 2.24) is 19.5 Å². The average molecular weight is 367 g/mol. The molecule has 0 saturated heterocycles. The number of rotatable bonds is 4. The van der Waals surface area contributed by atoms with Crippen molar-refractivity contribution in [2.45, 2.75) is 6.18 Å². The predicted octanol–water partition coefficient (Wildman–Crippen LogP) is 2.68. The second kappa shape index (κ2) is 6.38. The molecule has 0 radical (unpaired) electrons. The quantitative estimate of drug-likeness (QED) is 0.515. The van der Waals surface area contributed by atoms with Crippen molar-refractivity contribution in [1.29, 1.82) is 0 Å². The van der Waals surface area contributed by atoms with Crippen LogP contribution in [0, 0.1) is 4.91 Å². The van der Waals surface area contributed by atoms with Crippen molar-refractivity contribution < 1.29 is 27.5 Å². The summed E-state index contributed by atoms with van der Waals surface area (Å²) in [4.78, 5) is 37.1. The van der Waals surface area contributed by atoms with E-state index in [1.807, 2.05) is 5.34 Å². The van der Waals surface area contributed by atoms with Gasteiger partial charge in [0, 0.05) is 12.4 Å². The summed E-state index contributed by atoms with van der Waals surface area (Å²) < 4.78 is 46.1. The zero-order chi connectivity index (χ0) is 18.9. The molecule has 3 heterocycles. The van der Waals surface area contributed by atoms with Crippen LogP contribution in [0.2, 0.25) is 0 Å². The molecule has 3 aromatic heterocycles. The Morgan fingerprint density at radius 1 is 1.27 bits per heavy atom. The molecule has 26 heavy (non-hydrogen) atoms. The third-order valence-electron chi connectivity index (χ3n) is 3.40. The topological polar surface area (TPSA) is 109 Å². The van der Waals surface area contributed by atoms with Gasteiger partial charge in [0.05, 0.1) is 23.6 Å². The average Bonchev–Trinajstić information content (AvgIpc) is 3.02. The number of aromatic nitrogens is 4. The normalized spacial score (nSPS) is 11.4. The van der Waals surface area contributed by atoms with Crippen molar-refractivity contribution >= 4 is 17.0 Å². The standard InChI is InChI=1S/C14H8F3N5O4/c1-25-12-10-8(14(15,16)17)5-22(11(10)19-6-20-12)9-4-7(2-3-18-9)13(23)26-21-24/h2-6H,1H3. The second-order valence-electron chi connectivity index (χ2n) is 4.85. The first kappa shape index (κ1) is 17.3. The summed E-state index contributed by atoms with van der Waals surface area (Å²) in [5, 5.41) is 1.66. The van der Waals surface area contributed by atoms with Gasteiger partial charge in [-0.15, -0.1) is 4.91 Å². The van der Waals surface area contributed by atoms with Crippen LogP contribution in [-0.4, -0.2) is 32.6 Å². The Hall–Kier alpha value is -3.57. The van der Waals surface area contributed by atoms with Crippen LogP contribution in [0.25, 0.3) is 16.9 Å². The highest BCUT2D eigenvalue weighted by molar-refractivity contribution is 5.90. The molecule has 3 rings (SSSR count). The number of fused-ring (bicyclic) bond motifs is 1. The molecule has 0 aliphatic heterocycles. The van der Waals surface area contributed by atoms with Gasteiger partial charge < -0.3 is 4.74 Å². The summed E-state index contributed by atoms with van der Waals surface area (Å²) in [6.07, 6.45) is -1.75. The number of ether oxygens (including phenoxy) is 1. The van der Waals surface area contributed by atoms with Crippen LogP contribution in [-0.2, 0) is 11.0 Å². The molecule has 0 N–H and O–H groups in total. The van der Waals surface area contributed by atoms with Crippen LogP contribution in [0.3, 0.4) is 0 Å². The van der Waals surface area contributed by atoms with Gasteiger partial charge in [-0.1, -0.05) is 0 Å². The minimum absolute atomic E-state index is 0.0633. The first-order valence-corrected chi connectivity index (χ1v) is 6.84. The number of hydrogen-bond acceptors (Lipinski definition) is 8. The molecule has 0 amide bonds. The van der Waals surface area contributed by atoms with E-state index in [1.54, 1.807) is 0 Å². The largest absolute Gasteiger partial charge is 0.480 e. The molecule has 12 heteroatoms. The zero-order valence-electron chi connectivity index (χ0n) is 12.9. The van der Waals surface area contributed by atoms with Gasteiger partial charge in [0.2, 0.25) is 5.88 Å². The maximum absolute atomic E-state index is 13.4. The predicted molar refractivity (Wildman–Crippen MR) is 79.4 cm³/mol. The van der Waals surface area contributed by atoms with E-state index >= 15 is 0 Å². The highest BCUT2D eigenvalue weighted by Crippen LogP contribution is 2.39. The SMILES string of the molecule is COc1ncnc2c1c(C(F)(F)F)cn2-c1cc(C(=O)ON=O)ccn1. The number of hydrogen-bond donors (Lipinski definition) is 0. The molecule has 0 aliphatic carbocycles. The van der Waals surface area contributed by atoms with Crippen LogP contribution >= 0.6 is 0 Å². The van der Waals surface area contributed by atoms with E-state index in [0.29, 0.717) is 0 Å². The molecule has 0 saturated carbocycles. The van der Waals surface area contributed by atoms with Gasteiger partial charge in [-0.3, -0.25) is 9.40 Å². The van der Waals surface area contributed by atoms with Crippen molar-refractivity contribution in [2.75, 3.05) is 7.11 Å². The lowest BCUT2D eigenvalue weighted by Gasteiger charge is -2.06. The Bertz CT molecular complexity index is 1000. The van der Waals surface area contributed by atoms with E-state index < -0.39 is 17.7 Å². The van der Waals surface area contributed by atoms with Crippen molar-refractivity contribution in [3.63, 3.8) is 0 Å². The summed E-state index contributed by atoms with van der Waals surface area (Å²) in [6.45, 7) is 0. The van der Waals surface area contributed by atoms with Crippen molar-refractivity contribution in [3.05, 3.63) is 46.9 Å². The number of pyridine rings is 1. The van der Waals surface area contributed by atoms with E-state index in [9.17, 15) is 22.9 Å². The second-order valence-corrected chi connectivity index (χ2v) is 4.85. The Kier molecular flexibility index (Phi) is 4.24. The maximum Gasteiger partial charge on any atom is 0.418 e. The molecular weight excluding hydrogens is 359 g/mol. The fourth-order valence-corrected chi connectivity index (χ4v) is 2.34. The summed E-state index contributed by atoms with van der Waals surface area (Å²) in [7, 11) is 1.18. The van der Waals surface area contributed by atoms with Crippen LogP contribution in [0.1, 0.15) is 15.9 Å². The Morgan fingerprint density at radius 2 is 2.04 bits per heavy atom. The van der Waals surface area contributed by atoms with E-state index in [4.69, 9.17) is 4.74 Å². The number of nitrogens with zero attached hydrogens (tertiary/aromatic N) is 5. The molecule has 0 fully saturated rings. The van der Waals surface area contributed by atoms with Crippen LogP contribution < -0.4 is 4.74 Å². The van der Waals surface area contributed by atoms with Gasteiger partial charge >= 0.3 is 12.1 Å². The van der Waals surface area contributed by atoms with Gasteiger partial charge in [-0.25, -0.2) is 19.7 Å². The number of halogens is 3. The molecule has 0 spiro atoms. The van der Waals surface area contributed by atoms with Crippen LogP contribution in [0.15, 0.2) is 36.2 Å². The first-order valence-electron chi connectivity index (χ1n) is 6.84. The molecule has 0 aromatic carbocycles. The highest BCUT2D eigenvalue weighted by atomic mass is 19.4. The number of methoxy groups -OCH3 is 1. The fraction of sp³-hybridized carbons (Fsp3) is 0.143. The van der Waals surface area contributed by atoms with Crippen molar-refractivity contribution in [2.24, 2.45) is 5.34 Å². The van der Waals surface area contributed by atoms with E-state index in [-0.39, 0.29) is 28.3 Å². The van der Waals surface area contributed by atoms with E-state index in [1.165, 1.54) is 13.2 Å². The molecule has 134 valence electrons. The molecule has 0 atom stereocenters. The van der Waals surface area contributed by atoms with Crippen LogP contribution in [0.4, 0.5) is 13.2 Å². The fourth-order valence-electron chi connectivity index (χ4n) is 2.34. The Labute approximate surface area is 142 Å². The lowest BCUT2D eigenvalue weighted by Crippen LogP contribution is -2.05. The summed E-state index contributed by atoms with van der Waals surface area (Å²) >= 11 is 0. The van der Waals surface area contributed by atoms with Gasteiger partial charge in [-0.05, 0) is 12.1 Å². The van der Waals surface area contributed by atoms with Crippen LogP contribution in [0.5, 0.6) is 5.88 Å².